The fourth-order valence-electron chi connectivity index (χ4n) is 3.74. The molecular formula is C25H28FNO4. The molecule has 1 amide bonds. The lowest BCUT2D eigenvalue weighted by molar-refractivity contribution is -0.140. The highest BCUT2D eigenvalue weighted by molar-refractivity contribution is 6.46. The largest absolute Gasteiger partial charge is 0.507 e. The van der Waals surface area contributed by atoms with E-state index in [0.717, 1.165) is 12.0 Å². The summed E-state index contributed by atoms with van der Waals surface area (Å²) in [6.07, 6.45) is 1.37. The second-order valence-corrected chi connectivity index (χ2v) is 7.84. The molecule has 1 heterocycles. The number of hydrogen-bond acceptors (Lipinski definition) is 4. The van der Waals surface area contributed by atoms with E-state index >= 15 is 0 Å². The molecule has 1 saturated heterocycles. The molecule has 0 aliphatic carbocycles. The van der Waals surface area contributed by atoms with E-state index < -0.39 is 23.5 Å². The summed E-state index contributed by atoms with van der Waals surface area (Å²) in [7, 11) is 0. The Kier molecular flexibility index (Phi) is 7.23. The summed E-state index contributed by atoms with van der Waals surface area (Å²) in [5.41, 5.74) is 1.58. The first-order valence-electron chi connectivity index (χ1n) is 10.6. The lowest BCUT2D eigenvalue weighted by Crippen LogP contribution is -2.31. The lowest BCUT2D eigenvalue weighted by Gasteiger charge is -2.25. The van der Waals surface area contributed by atoms with Crippen molar-refractivity contribution in [1.82, 2.24) is 4.90 Å². The molecule has 1 atom stereocenters. The highest BCUT2D eigenvalue weighted by Gasteiger charge is 2.46. The number of halogens is 1. The van der Waals surface area contributed by atoms with Crippen molar-refractivity contribution < 1.29 is 23.8 Å². The van der Waals surface area contributed by atoms with Gasteiger partial charge in [-0.15, -0.1) is 0 Å². The average Bonchev–Trinajstić information content (AvgIpc) is 3.01. The first kappa shape index (κ1) is 22.7. The number of aryl methyl sites for hydroxylation is 1. The minimum absolute atomic E-state index is 0.0452. The molecule has 0 bridgehead atoms. The summed E-state index contributed by atoms with van der Waals surface area (Å²) >= 11 is 0. The molecule has 0 saturated carbocycles. The quantitative estimate of drug-likeness (QED) is 0.290. The number of carbonyl (C=O) groups excluding carboxylic acids is 2. The highest BCUT2D eigenvalue weighted by atomic mass is 19.1. The van der Waals surface area contributed by atoms with Crippen LogP contribution in [-0.4, -0.2) is 41.0 Å². The topological polar surface area (TPSA) is 66.8 Å². The van der Waals surface area contributed by atoms with Crippen LogP contribution in [-0.2, 0) is 20.7 Å². The molecule has 0 radical (unpaired) electrons. The smallest absolute Gasteiger partial charge is 0.295 e. The van der Waals surface area contributed by atoms with Crippen LogP contribution >= 0.6 is 0 Å². The Morgan fingerprint density at radius 1 is 1.13 bits per heavy atom. The Morgan fingerprint density at radius 3 is 2.42 bits per heavy atom. The second-order valence-electron chi connectivity index (χ2n) is 7.84. The first-order chi connectivity index (χ1) is 14.8. The van der Waals surface area contributed by atoms with Crippen LogP contribution < -0.4 is 0 Å². The molecule has 1 fully saturated rings. The molecule has 0 aromatic heterocycles. The van der Waals surface area contributed by atoms with Crippen molar-refractivity contribution in [2.45, 2.75) is 45.8 Å². The molecule has 0 spiro atoms. The maximum absolute atomic E-state index is 14.7. The second kappa shape index (κ2) is 9.88. The van der Waals surface area contributed by atoms with E-state index in [1.165, 1.54) is 17.0 Å². The van der Waals surface area contributed by atoms with Gasteiger partial charge in [0.15, 0.2) is 0 Å². The third-order valence-electron chi connectivity index (χ3n) is 5.37. The number of carbonyl (C=O) groups is 2. The Hall–Kier alpha value is -2.99. The number of nitrogens with zero attached hydrogens (tertiary/aromatic N) is 1. The van der Waals surface area contributed by atoms with E-state index in [2.05, 4.69) is 0 Å². The van der Waals surface area contributed by atoms with Crippen molar-refractivity contribution in [3.8, 4) is 0 Å². The van der Waals surface area contributed by atoms with Crippen molar-refractivity contribution in [2.75, 3.05) is 13.2 Å². The van der Waals surface area contributed by atoms with Gasteiger partial charge in [-0.3, -0.25) is 9.59 Å². The molecule has 1 unspecified atom stereocenters. The molecule has 5 nitrogen and oxygen atoms in total. The zero-order valence-corrected chi connectivity index (χ0v) is 18.1. The third-order valence-corrected chi connectivity index (χ3v) is 5.37. The maximum Gasteiger partial charge on any atom is 0.295 e. The van der Waals surface area contributed by atoms with Crippen LogP contribution in [0, 0.1) is 5.82 Å². The average molecular weight is 426 g/mol. The number of aliphatic hydroxyl groups is 1. The van der Waals surface area contributed by atoms with Gasteiger partial charge >= 0.3 is 0 Å². The molecular weight excluding hydrogens is 397 g/mol. The number of benzene rings is 2. The lowest BCUT2D eigenvalue weighted by atomic mass is 9.94. The van der Waals surface area contributed by atoms with Gasteiger partial charge in [0.2, 0.25) is 0 Å². The first-order valence-corrected chi connectivity index (χ1v) is 10.6. The van der Waals surface area contributed by atoms with Crippen LogP contribution in [0.5, 0.6) is 0 Å². The van der Waals surface area contributed by atoms with Crippen LogP contribution in [0.4, 0.5) is 4.39 Å². The van der Waals surface area contributed by atoms with Gasteiger partial charge in [0.1, 0.15) is 11.6 Å². The van der Waals surface area contributed by atoms with E-state index in [1.807, 2.05) is 32.9 Å². The number of ether oxygens (including phenoxy) is 1. The molecule has 1 N–H and O–H groups in total. The van der Waals surface area contributed by atoms with Gasteiger partial charge in [-0.05, 0) is 38.3 Å². The van der Waals surface area contributed by atoms with Crippen LogP contribution in [0.2, 0.25) is 0 Å². The van der Waals surface area contributed by atoms with E-state index in [1.54, 1.807) is 24.3 Å². The predicted octanol–water partition coefficient (Wildman–Crippen LogP) is 4.62. The van der Waals surface area contributed by atoms with Gasteiger partial charge in [0.05, 0.1) is 17.7 Å². The molecule has 1 aliphatic heterocycles. The van der Waals surface area contributed by atoms with Gasteiger partial charge in [0, 0.05) is 24.3 Å². The van der Waals surface area contributed by atoms with Crippen molar-refractivity contribution in [3.63, 3.8) is 0 Å². The van der Waals surface area contributed by atoms with Crippen molar-refractivity contribution in [2.24, 2.45) is 0 Å². The zero-order chi connectivity index (χ0) is 22.5. The predicted molar refractivity (Wildman–Crippen MR) is 117 cm³/mol. The van der Waals surface area contributed by atoms with Gasteiger partial charge in [-0.2, -0.15) is 0 Å². The number of Topliss-reactive ketones (excluding diaryl/α,β-unsaturated/α-hetero) is 1. The van der Waals surface area contributed by atoms with Crippen molar-refractivity contribution in [1.29, 1.82) is 0 Å². The molecule has 3 rings (SSSR count). The number of amides is 1. The van der Waals surface area contributed by atoms with Gasteiger partial charge in [0.25, 0.3) is 11.7 Å². The monoisotopic (exact) mass is 425 g/mol. The summed E-state index contributed by atoms with van der Waals surface area (Å²) in [5, 5.41) is 11.0. The van der Waals surface area contributed by atoms with Gasteiger partial charge < -0.3 is 14.7 Å². The molecule has 1 aliphatic rings. The molecule has 2 aromatic carbocycles. The van der Waals surface area contributed by atoms with Crippen LogP contribution in [0.3, 0.4) is 0 Å². The number of likely N-dealkylation sites (tertiary alicyclic amines) is 1. The fraction of sp³-hybridized carbons (Fsp3) is 0.360. The van der Waals surface area contributed by atoms with Crippen LogP contribution in [0.15, 0.2) is 54.1 Å². The summed E-state index contributed by atoms with van der Waals surface area (Å²) in [6.45, 7) is 6.46. The Morgan fingerprint density at radius 2 is 1.81 bits per heavy atom. The van der Waals surface area contributed by atoms with Gasteiger partial charge in [-0.25, -0.2) is 4.39 Å². The molecule has 164 valence electrons. The standard InChI is InChI=1S/C25H28FNO4/c1-4-17-10-12-18(13-11-17)23(28)21-22(19-8-5-6-9-20(19)26)27(25(30)24(21)29)14-7-15-31-16(2)3/h5-6,8-13,16,22,28H,4,7,14-15H2,1-3H3/b23-21-. The van der Waals surface area contributed by atoms with Crippen LogP contribution in [0.1, 0.15) is 49.9 Å². The van der Waals surface area contributed by atoms with Gasteiger partial charge in [-0.1, -0.05) is 49.4 Å². The fourth-order valence-corrected chi connectivity index (χ4v) is 3.74. The van der Waals surface area contributed by atoms with E-state index in [9.17, 15) is 19.1 Å². The number of aliphatic hydroxyl groups excluding tert-OH is 1. The number of ketones is 1. The van der Waals surface area contributed by atoms with Crippen LogP contribution in [0.25, 0.3) is 5.76 Å². The number of rotatable bonds is 8. The van der Waals surface area contributed by atoms with Crippen molar-refractivity contribution >= 4 is 17.4 Å². The molecule has 2 aromatic rings. The Balaban J connectivity index is 2.04. The zero-order valence-electron chi connectivity index (χ0n) is 18.1. The number of hydrogen-bond donors (Lipinski definition) is 1. The summed E-state index contributed by atoms with van der Waals surface area (Å²) in [6, 6.07) is 12.1. The van der Waals surface area contributed by atoms with E-state index in [4.69, 9.17) is 4.74 Å². The van der Waals surface area contributed by atoms with Crippen molar-refractivity contribution in [3.05, 3.63) is 76.6 Å². The summed E-state index contributed by atoms with van der Waals surface area (Å²) in [4.78, 5) is 27.1. The highest BCUT2D eigenvalue weighted by Crippen LogP contribution is 2.40. The Labute approximate surface area is 182 Å². The molecule has 31 heavy (non-hydrogen) atoms. The minimum atomic E-state index is -0.994. The SMILES string of the molecule is CCc1ccc(/C(O)=C2/C(=O)C(=O)N(CCCOC(C)C)C2c2ccccc2F)cc1. The molecule has 6 heteroatoms. The summed E-state index contributed by atoms with van der Waals surface area (Å²) in [5.74, 6) is -2.39. The van der Waals surface area contributed by atoms with E-state index in [0.29, 0.717) is 18.6 Å². The Bertz CT molecular complexity index is 981. The van der Waals surface area contributed by atoms with E-state index in [-0.39, 0.29) is 29.5 Å². The minimum Gasteiger partial charge on any atom is -0.507 e. The third kappa shape index (κ3) is 4.85. The maximum atomic E-state index is 14.7. The summed E-state index contributed by atoms with van der Waals surface area (Å²) < 4.78 is 20.3. The normalized spacial score (nSPS) is 18.2.